The van der Waals surface area contributed by atoms with Crippen molar-refractivity contribution >= 4 is 0 Å². The van der Waals surface area contributed by atoms with Crippen molar-refractivity contribution in [3.63, 3.8) is 0 Å². The van der Waals surface area contributed by atoms with Gasteiger partial charge < -0.3 is 5.11 Å². The van der Waals surface area contributed by atoms with E-state index in [2.05, 4.69) is 55.2 Å². The van der Waals surface area contributed by atoms with Crippen LogP contribution in [0.1, 0.15) is 68.9 Å². The summed E-state index contributed by atoms with van der Waals surface area (Å²) in [6, 6.07) is 22.8. The topological polar surface area (TPSA) is 32.3 Å². The minimum Gasteiger partial charge on any atom is -0.375 e. The number of aryl methyl sites for hydroxylation is 1. The highest BCUT2D eigenvalue weighted by Crippen LogP contribution is 2.35. The van der Waals surface area contributed by atoms with E-state index in [0.29, 0.717) is 17.5 Å². The maximum absolute atomic E-state index is 15.1. The summed E-state index contributed by atoms with van der Waals surface area (Å²) in [5.74, 6) is 0.328. The van der Waals surface area contributed by atoms with Gasteiger partial charge in [-0.3, -0.25) is 5.32 Å². The molecule has 2 nitrogen and oxygen atoms in total. The number of aliphatic hydroxyl groups excluding tert-OH is 1. The molecular weight excluding hydrogens is 433 g/mol. The highest BCUT2D eigenvalue weighted by atomic mass is 19.1. The molecule has 3 heteroatoms. The molecule has 0 bridgehead atoms. The SMILES string of the molecule is C=CC(O)NC1CCC(c2ccc(-c3ccc(-c4ccc(CCCCC)cc4)cc3F)cc2)CC1. The number of halogens is 1. The van der Waals surface area contributed by atoms with Crippen LogP contribution in [0.5, 0.6) is 0 Å². The molecule has 1 fully saturated rings. The van der Waals surface area contributed by atoms with Gasteiger partial charge in [0.15, 0.2) is 0 Å². The minimum atomic E-state index is -0.632. The third-order valence-corrected chi connectivity index (χ3v) is 7.38. The molecule has 0 radical (unpaired) electrons. The molecule has 1 saturated carbocycles. The van der Waals surface area contributed by atoms with E-state index in [4.69, 9.17) is 0 Å². The van der Waals surface area contributed by atoms with Crippen molar-refractivity contribution in [3.05, 3.63) is 96.3 Å². The second-order valence-corrected chi connectivity index (χ2v) is 9.87. The fraction of sp³-hybridized carbons (Fsp3) is 0.375. The van der Waals surface area contributed by atoms with E-state index in [0.717, 1.165) is 48.8 Å². The summed E-state index contributed by atoms with van der Waals surface area (Å²) in [5.41, 5.74) is 6.17. The Morgan fingerprint density at radius 2 is 1.57 bits per heavy atom. The van der Waals surface area contributed by atoms with Gasteiger partial charge in [-0.05, 0) is 84.4 Å². The number of hydrogen-bond acceptors (Lipinski definition) is 2. The summed E-state index contributed by atoms with van der Waals surface area (Å²) >= 11 is 0. The minimum absolute atomic E-state index is 0.186. The Hall–Kier alpha value is -2.75. The molecule has 0 amide bonds. The van der Waals surface area contributed by atoms with Crippen molar-refractivity contribution < 1.29 is 9.50 Å². The number of hydrogen-bond donors (Lipinski definition) is 2. The van der Waals surface area contributed by atoms with Crippen LogP contribution in [0, 0.1) is 5.82 Å². The van der Waals surface area contributed by atoms with Crippen molar-refractivity contribution in [2.75, 3.05) is 0 Å². The molecule has 3 aromatic carbocycles. The number of nitrogens with one attached hydrogen (secondary N) is 1. The molecule has 4 rings (SSSR count). The van der Waals surface area contributed by atoms with Gasteiger partial charge in [0.05, 0.1) is 0 Å². The summed E-state index contributed by atoms with van der Waals surface area (Å²) in [7, 11) is 0. The lowest BCUT2D eigenvalue weighted by atomic mass is 9.81. The van der Waals surface area contributed by atoms with Crippen LogP contribution in [0.4, 0.5) is 4.39 Å². The predicted molar refractivity (Wildman–Crippen MR) is 145 cm³/mol. The van der Waals surface area contributed by atoms with Crippen LogP contribution in [-0.4, -0.2) is 17.4 Å². The Bertz CT molecular complexity index is 1080. The summed E-state index contributed by atoms with van der Waals surface area (Å²) in [5, 5.41) is 12.9. The second-order valence-electron chi connectivity index (χ2n) is 9.87. The van der Waals surface area contributed by atoms with Crippen molar-refractivity contribution in [3.8, 4) is 22.3 Å². The molecule has 2 N–H and O–H groups in total. The van der Waals surface area contributed by atoms with Crippen LogP contribution in [0.2, 0.25) is 0 Å². The zero-order chi connectivity index (χ0) is 24.6. The lowest BCUT2D eigenvalue weighted by molar-refractivity contribution is 0.153. The van der Waals surface area contributed by atoms with Gasteiger partial charge in [0, 0.05) is 11.6 Å². The summed E-state index contributed by atoms with van der Waals surface area (Å²) in [6.45, 7) is 5.84. The van der Waals surface area contributed by atoms with Gasteiger partial charge in [0.1, 0.15) is 12.0 Å². The van der Waals surface area contributed by atoms with Crippen LogP contribution >= 0.6 is 0 Å². The van der Waals surface area contributed by atoms with E-state index in [9.17, 15) is 5.11 Å². The molecule has 35 heavy (non-hydrogen) atoms. The van der Waals surface area contributed by atoms with E-state index in [1.54, 1.807) is 6.07 Å². The summed E-state index contributed by atoms with van der Waals surface area (Å²) in [4.78, 5) is 0. The van der Waals surface area contributed by atoms with E-state index < -0.39 is 6.23 Å². The van der Waals surface area contributed by atoms with Crippen LogP contribution in [-0.2, 0) is 6.42 Å². The van der Waals surface area contributed by atoms with E-state index in [-0.39, 0.29) is 5.82 Å². The quantitative estimate of drug-likeness (QED) is 0.178. The molecule has 1 aliphatic rings. The molecule has 1 atom stereocenters. The smallest absolute Gasteiger partial charge is 0.131 e. The summed E-state index contributed by atoms with van der Waals surface area (Å²) in [6.07, 6.45) is 9.95. The molecule has 1 unspecified atom stereocenters. The van der Waals surface area contributed by atoms with Crippen molar-refractivity contribution in [2.45, 2.75) is 76.5 Å². The van der Waals surface area contributed by atoms with E-state index in [1.807, 2.05) is 24.3 Å². The molecule has 0 aliphatic heterocycles. The molecule has 0 saturated heterocycles. The van der Waals surface area contributed by atoms with Crippen molar-refractivity contribution in [1.82, 2.24) is 5.32 Å². The molecule has 1 aliphatic carbocycles. The fourth-order valence-electron chi connectivity index (χ4n) is 5.21. The van der Waals surface area contributed by atoms with Gasteiger partial charge in [-0.2, -0.15) is 0 Å². The Morgan fingerprint density at radius 1 is 0.914 bits per heavy atom. The standard InChI is InChI=1S/C32H38FNO/c1-3-5-6-7-23-8-10-26(11-9-23)28-18-21-30(31(33)22-28)27-14-12-24(13-15-27)25-16-19-29(20-17-25)34-32(35)4-2/h4,8-15,18,21-22,25,29,32,34-35H,2-3,5-7,16-17,19-20H2,1H3. The van der Waals surface area contributed by atoms with Crippen LogP contribution in [0.15, 0.2) is 79.4 Å². The van der Waals surface area contributed by atoms with Crippen molar-refractivity contribution in [1.29, 1.82) is 0 Å². The van der Waals surface area contributed by atoms with Gasteiger partial charge >= 0.3 is 0 Å². The third-order valence-electron chi connectivity index (χ3n) is 7.38. The normalized spacial score (nSPS) is 18.8. The van der Waals surface area contributed by atoms with E-state index >= 15 is 4.39 Å². The largest absolute Gasteiger partial charge is 0.375 e. The average molecular weight is 472 g/mol. The highest BCUT2D eigenvalue weighted by molar-refractivity contribution is 5.71. The molecular formula is C32H38FNO. The van der Waals surface area contributed by atoms with E-state index in [1.165, 1.54) is 36.5 Å². The van der Waals surface area contributed by atoms with Gasteiger partial charge in [-0.1, -0.05) is 87.0 Å². The highest BCUT2D eigenvalue weighted by Gasteiger charge is 2.23. The second kappa shape index (κ2) is 12.3. The number of aliphatic hydroxyl groups is 1. The molecule has 0 aromatic heterocycles. The first kappa shape index (κ1) is 25.3. The van der Waals surface area contributed by atoms with Gasteiger partial charge in [-0.25, -0.2) is 4.39 Å². The molecule has 184 valence electrons. The first-order valence-corrected chi connectivity index (χ1v) is 13.1. The van der Waals surface area contributed by atoms with Crippen LogP contribution in [0.25, 0.3) is 22.3 Å². The van der Waals surface area contributed by atoms with Crippen molar-refractivity contribution in [2.24, 2.45) is 0 Å². The Morgan fingerprint density at radius 3 is 2.20 bits per heavy atom. The third kappa shape index (κ3) is 6.68. The Kier molecular flexibility index (Phi) is 8.90. The molecule has 0 heterocycles. The maximum atomic E-state index is 15.1. The monoisotopic (exact) mass is 471 g/mol. The summed E-state index contributed by atoms with van der Waals surface area (Å²) < 4.78 is 15.1. The van der Waals surface area contributed by atoms with Crippen LogP contribution in [0.3, 0.4) is 0 Å². The molecule has 0 spiro atoms. The van der Waals surface area contributed by atoms with Gasteiger partial charge in [-0.15, -0.1) is 0 Å². The molecule has 3 aromatic rings. The van der Waals surface area contributed by atoms with Gasteiger partial charge in [0.25, 0.3) is 0 Å². The zero-order valence-electron chi connectivity index (χ0n) is 20.8. The number of benzene rings is 3. The Labute approximate surface area is 209 Å². The lowest BCUT2D eigenvalue weighted by Crippen LogP contribution is -2.39. The van der Waals surface area contributed by atoms with Crippen LogP contribution < -0.4 is 5.32 Å². The lowest BCUT2D eigenvalue weighted by Gasteiger charge is -2.30. The number of unbranched alkanes of at least 4 members (excludes halogenated alkanes) is 2. The first-order valence-electron chi connectivity index (χ1n) is 13.1. The first-order chi connectivity index (χ1) is 17.1. The Balaban J connectivity index is 1.39. The zero-order valence-corrected chi connectivity index (χ0v) is 20.8. The average Bonchev–Trinajstić information content (AvgIpc) is 2.90. The number of rotatable bonds is 10. The van der Waals surface area contributed by atoms with Gasteiger partial charge in [0.2, 0.25) is 0 Å². The fourth-order valence-corrected chi connectivity index (χ4v) is 5.21. The predicted octanol–water partition coefficient (Wildman–Crippen LogP) is 8.01. The maximum Gasteiger partial charge on any atom is 0.131 e.